The summed E-state index contributed by atoms with van der Waals surface area (Å²) in [7, 11) is 0. The molecule has 1 aromatic carbocycles. The zero-order valence-electron chi connectivity index (χ0n) is 10.8. The van der Waals surface area contributed by atoms with Crippen molar-refractivity contribution in [1.29, 1.82) is 0 Å². The van der Waals surface area contributed by atoms with Gasteiger partial charge in [0.15, 0.2) is 0 Å². The first-order valence-corrected chi connectivity index (χ1v) is 6.30. The summed E-state index contributed by atoms with van der Waals surface area (Å²) >= 11 is 0. The summed E-state index contributed by atoms with van der Waals surface area (Å²) in [6.07, 6.45) is 3.92. The van der Waals surface area contributed by atoms with Crippen LogP contribution < -0.4 is 0 Å². The number of nitrogens with one attached hydrogen (secondary N) is 1. The first-order valence-electron chi connectivity index (χ1n) is 6.30. The summed E-state index contributed by atoms with van der Waals surface area (Å²) in [4.78, 5) is 7.82. The van der Waals surface area contributed by atoms with E-state index in [2.05, 4.69) is 55.0 Å². The minimum Gasteiger partial charge on any atom is -0.345 e. The van der Waals surface area contributed by atoms with Crippen LogP contribution in [-0.4, -0.2) is 9.97 Å². The largest absolute Gasteiger partial charge is 0.345 e. The third-order valence-corrected chi connectivity index (χ3v) is 3.04. The standard InChI is InChI=1S/C15H20N2/c1-4-12-6-5-7-13(8-12)9-15-16-10-14(17-15)11(2)3/h5-8,10-11H,4,9H2,1-3H3,(H,16,17). The Labute approximate surface area is 103 Å². The molecule has 0 amide bonds. The van der Waals surface area contributed by atoms with Crippen LogP contribution in [-0.2, 0) is 12.8 Å². The number of aryl methyl sites for hydroxylation is 1. The second-order valence-corrected chi connectivity index (χ2v) is 4.79. The second-order valence-electron chi connectivity index (χ2n) is 4.79. The number of hydrogen-bond donors (Lipinski definition) is 1. The molecule has 2 rings (SSSR count). The lowest BCUT2D eigenvalue weighted by Crippen LogP contribution is -1.93. The lowest BCUT2D eigenvalue weighted by molar-refractivity contribution is 0.825. The quantitative estimate of drug-likeness (QED) is 0.849. The van der Waals surface area contributed by atoms with Crippen LogP contribution in [0.5, 0.6) is 0 Å². The molecule has 0 spiro atoms. The lowest BCUT2D eigenvalue weighted by Gasteiger charge is -2.02. The van der Waals surface area contributed by atoms with Crippen LogP contribution in [0.1, 0.15) is 49.3 Å². The van der Waals surface area contributed by atoms with Gasteiger partial charge in [-0.1, -0.05) is 45.0 Å². The van der Waals surface area contributed by atoms with Crippen LogP contribution in [0.2, 0.25) is 0 Å². The number of H-pyrrole nitrogens is 1. The summed E-state index contributed by atoms with van der Waals surface area (Å²) in [6, 6.07) is 8.72. The van der Waals surface area contributed by atoms with Gasteiger partial charge in [-0.25, -0.2) is 4.98 Å². The van der Waals surface area contributed by atoms with Gasteiger partial charge in [-0.05, 0) is 23.5 Å². The summed E-state index contributed by atoms with van der Waals surface area (Å²) < 4.78 is 0. The normalized spacial score (nSPS) is 11.1. The highest BCUT2D eigenvalue weighted by atomic mass is 14.9. The molecule has 90 valence electrons. The Bertz CT molecular complexity index is 483. The second kappa shape index (κ2) is 5.17. The molecular weight excluding hydrogens is 208 g/mol. The fraction of sp³-hybridized carbons (Fsp3) is 0.400. The number of imidazole rings is 1. The number of aromatic nitrogens is 2. The zero-order chi connectivity index (χ0) is 12.3. The van der Waals surface area contributed by atoms with E-state index < -0.39 is 0 Å². The van der Waals surface area contributed by atoms with Crippen molar-refractivity contribution in [3.05, 3.63) is 53.1 Å². The number of aromatic amines is 1. The molecule has 0 aliphatic heterocycles. The molecule has 17 heavy (non-hydrogen) atoms. The van der Waals surface area contributed by atoms with Gasteiger partial charge in [-0.15, -0.1) is 0 Å². The number of benzene rings is 1. The van der Waals surface area contributed by atoms with Crippen LogP contribution in [0.4, 0.5) is 0 Å². The highest BCUT2D eigenvalue weighted by Gasteiger charge is 2.05. The van der Waals surface area contributed by atoms with Crippen molar-refractivity contribution in [3.8, 4) is 0 Å². The first kappa shape index (κ1) is 11.9. The van der Waals surface area contributed by atoms with Crippen molar-refractivity contribution < 1.29 is 0 Å². The van der Waals surface area contributed by atoms with E-state index in [0.717, 1.165) is 18.7 Å². The van der Waals surface area contributed by atoms with Crippen LogP contribution in [0.3, 0.4) is 0 Å². The van der Waals surface area contributed by atoms with E-state index in [1.54, 1.807) is 0 Å². The van der Waals surface area contributed by atoms with Crippen LogP contribution >= 0.6 is 0 Å². The molecule has 1 N–H and O–H groups in total. The molecule has 0 bridgehead atoms. The van der Waals surface area contributed by atoms with Gasteiger partial charge in [-0.2, -0.15) is 0 Å². The van der Waals surface area contributed by atoms with E-state index in [0.29, 0.717) is 5.92 Å². The minimum atomic E-state index is 0.512. The number of nitrogens with zero attached hydrogens (tertiary/aromatic N) is 1. The summed E-state index contributed by atoms with van der Waals surface area (Å²) in [5.74, 6) is 1.57. The highest BCUT2D eigenvalue weighted by molar-refractivity contribution is 5.26. The molecule has 0 unspecified atom stereocenters. The van der Waals surface area contributed by atoms with Crippen molar-refractivity contribution in [3.63, 3.8) is 0 Å². The predicted octanol–water partition coefficient (Wildman–Crippen LogP) is 3.69. The van der Waals surface area contributed by atoms with E-state index in [1.807, 2.05) is 6.20 Å². The topological polar surface area (TPSA) is 28.7 Å². The Morgan fingerprint density at radius 2 is 2.00 bits per heavy atom. The van der Waals surface area contributed by atoms with Gasteiger partial charge in [0.1, 0.15) is 5.82 Å². The van der Waals surface area contributed by atoms with Gasteiger partial charge in [0, 0.05) is 18.3 Å². The van der Waals surface area contributed by atoms with E-state index >= 15 is 0 Å². The Morgan fingerprint density at radius 1 is 1.24 bits per heavy atom. The molecule has 2 heteroatoms. The van der Waals surface area contributed by atoms with Crippen LogP contribution in [0.15, 0.2) is 30.5 Å². The van der Waals surface area contributed by atoms with Gasteiger partial charge in [0.05, 0.1) is 0 Å². The zero-order valence-corrected chi connectivity index (χ0v) is 10.8. The van der Waals surface area contributed by atoms with Crippen molar-refractivity contribution >= 4 is 0 Å². The molecule has 0 aliphatic rings. The monoisotopic (exact) mass is 228 g/mol. The van der Waals surface area contributed by atoms with Crippen molar-refractivity contribution in [1.82, 2.24) is 9.97 Å². The fourth-order valence-corrected chi connectivity index (χ4v) is 1.91. The minimum absolute atomic E-state index is 0.512. The maximum atomic E-state index is 4.43. The summed E-state index contributed by atoms with van der Waals surface area (Å²) in [5, 5.41) is 0. The van der Waals surface area contributed by atoms with Crippen molar-refractivity contribution in [2.75, 3.05) is 0 Å². The fourth-order valence-electron chi connectivity index (χ4n) is 1.91. The Morgan fingerprint density at radius 3 is 2.65 bits per heavy atom. The Balaban J connectivity index is 2.13. The number of rotatable bonds is 4. The molecule has 0 saturated heterocycles. The third kappa shape index (κ3) is 2.96. The van der Waals surface area contributed by atoms with E-state index in [4.69, 9.17) is 0 Å². The molecule has 1 aromatic heterocycles. The Hall–Kier alpha value is -1.57. The Kier molecular flexibility index (Phi) is 3.62. The third-order valence-electron chi connectivity index (χ3n) is 3.04. The molecule has 0 fully saturated rings. The molecule has 0 aliphatic carbocycles. The lowest BCUT2D eigenvalue weighted by atomic mass is 10.1. The first-order chi connectivity index (χ1) is 8.19. The van der Waals surface area contributed by atoms with Gasteiger partial charge in [0.25, 0.3) is 0 Å². The predicted molar refractivity (Wildman–Crippen MR) is 71.3 cm³/mol. The molecular formula is C15H20N2. The maximum absolute atomic E-state index is 4.43. The maximum Gasteiger partial charge on any atom is 0.110 e. The van der Waals surface area contributed by atoms with E-state index in [1.165, 1.54) is 16.8 Å². The number of hydrogen-bond acceptors (Lipinski definition) is 1. The van der Waals surface area contributed by atoms with Crippen molar-refractivity contribution in [2.45, 2.75) is 39.5 Å². The van der Waals surface area contributed by atoms with E-state index in [9.17, 15) is 0 Å². The molecule has 0 saturated carbocycles. The average Bonchev–Trinajstić information content (AvgIpc) is 2.78. The molecule has 1 heterocycles. The van der Waals surface area contributed by atoms with Crippen LogP contribution in [0, 0.1) is 0 Å². The van der Waals surface area contributed by atoms with Gasteiger partial charge >= 0.3 is 0 Å². The van der Waals surface area contributed by atoms with Crippen LogP contribution in [0.25, 0.3) is 0 Å². The summed E-state index contributed by atoms with van der Waals surface area (Å²) in [6.45, 7) is 6.53. The van der Waals surface area contributed by atoms with E-state index in [-0.39, 0.29) is 0 Å². The van der Waals surface area contributed by atoms with Gasteiger partial charge < -0.3 is 4.98 Å². The highest BCUT2D eigenvalue weighted by Crippen LogP contribution is 2.14. The molecule has 2 nitrogen and oxygen atoms in total. The molecule has 2 aromatic rings. The van der Waals surface area contributed by atoms with Gasteiger partial charge in [-0.3, -0.25) is 0 Å². The van der Waals surface area contributed by atoms with Gasteiger partial charge in [0.2, 0.25) is 0 Å². The average molecular weight is 228 g/mol. The SMILES string of the molecule is CCc1cccc(Cc2ncc(C(C)C)[nH]2)c1. The smallest absolute Gasteiger partial charge is 0.110 e. The molecule has 0 radical (unpaired) electrons. The molecule has 0 atom stereocenters. The summed E-state index contributed by atoms with van der Waals surface area (Å²) in [5.41, 5.74) is 3.93. The van der Waals surface area contributed by atoms with Crippen molar-refractivity contribution in [2.24, 2.45) is 0 Å².